The van der Waals surface area contributed by atoms with E-state index in [1.807, 2.05) is 0 Å². The van der Waals surface area contributed by atoms with Crippen LogP contribution in [-0.2, 0) is 10.0 Å². The standard InChI is InChI=1S/C22H26ClN3O4S/c1-25-20-12-19(30-14-16-4-2-15(13-24)3-5-16)10-11-21(20)31(28,29)26(22(25)27)18-8-6-17(23)7-9-18/h6-12,15-16H,2-5,13-14,24H2,1H3. The van der Waals surface area contributed by atoms with Crippen LogP contribution in [0.4, 0.5) is 16.2 Å². The van der Waals surface area contributed by atoms with Crippen LogP contribution in [0.15, 0.2) is 47.4 Å². The molecule has 0 saturated heterocycles. The lowest BCUT2D eigenvalue weighted by atomic mass is 9.82. The zero-order chi connectivity index (χ0) is 22.2. The molecule has 0 unspecified atom stereocenters. The lowest BCUT2D eigenvalue weighted by Gasteiger charge is -2.34. The summed E-state index contributed by atoms with van der Waals surface area (Å²) in [6, 6.07) is 10.2. The molecule has 2 aromatic rings. The van der Waals surface area contributed by atoms with Crippen molar-refractivity contribution in [3.05, 3.63) is 47.5 Å². The third kappa shape index (κ3) is 4.24. The van der Waals surface area contributed by atoms with E-state index in [9.17, 15) is 13.2 Å². The van der Waals surface area contributed by atoms with E-state index < -0.39 is 16.1 Å². The van der Waals surface area contributed by atoms with Gasteiger partial charge in [-0.25, -0.2) is 13.2 Å². The molecule has 0 aromatic heterocycles. The average molecular weight is 464 g/mol. The summed E-state index contributed by atoms with van der Waals surface area (Å²) < 4.78 is 33.2. The Hall–Kier alpha value is -2.29. The summed E-state index contributed by atoms with van der Waals surface area (Å²) in [7, 11) is -2.51. The van der Waals surface area contributed by atoms with Crippen molar-refractivity contribution in [3.63, 3.8) is 0 Å². The minimum absolute atomic E-state index is 0.0559. The Balaban J connectivity index is 1.55. The van der Waals surface area contributed by atoms with Gasteiger partial charge in [0.25, 0.3) is 10.0 Å². The Morgan fingerprint density at radius 1 is 1.06 bits per heavy atom. The lowest BCUT2D eigenvalue weighted by Crippen LogP contribution is -2.49. The van der Waals surface area contributed by atoms with Gasteiger partial charge in [-0.1, -0.05) is 11.6 Å². The zero-order valence-electron chi connectivity index (χ0n) is 17.3. The molecule has 1 fully saturated rings. The number of halogens is 1. The van der Waals surface area contributed by atoms with E-state index in [-0.39, 0.29) is 10.6 Å². The second-order valence-electron chi connectivity index (χ2n) is 8.15. The topological polar surface area (TPSA) is 92.9 Å². The maximum atomic E-state index is 13.2. The molecule has 31 heavy (non-hydrogen) atoms. The molecule has 2 aromatic carbocycles. The first-order valence-corrected chi connectivity index (χ1v) is 12.2. The maximum Gasteiger partial charge on any atom is 0.342 e. The highest BCUT2D eigenvalue weighted by molar-refractivity contribution is 7.94. The first-order valence-electron chi connectivity index (χ1n) is 10.4. The molecule has 1 aliphatic heterocycles. The van der Waals surface area contributed by atoms with Crippen molar-refractivity contribution in [1.29, 1.82) is 0 Å². The fourth-order valence-electron chi connectivity index (χ4n) is 4.18. The van der Waals surface area contributed by atoms with E-state index in [0.717, 1.165) is 36.5 Å². The van der Waals surface area contributed by atoms with Gasteiger partial charge < -0.3 is 10.5 Å². The maximum absolute atomic E-state index is 13.2. The molecule has 4 rings (SSSR count). The molecule has 7 nitrogen and oxygen atoms in total. The average Bonchev–Trinajstić information content (AvgIpc) is 2.77. The van der Waals surface area contributed by atoms with E-state index in [1.54, 1.807) is 31.3 Å². The van der Waals surface area contributed by atoms with Gasteiger partial charge in [-0.05, 0) is 80.5 Å². The molecular formula is C22H26ClN3O4S. The van der Waals surface area contributed by atoms with E-state index in [0.29, 0.717) is 34.9 Å². The largest absolute Gasteiger partial charge is 0.493 e. The van der Waals surface area contributed by atoms with Crippen molar-refractivity contribution in [2.75, 3.05) is 29.4 Å². The van der Waals surface area contributed by atoms with Crippen LogP contribution in [0.1, 0.15) is 25.7 Å². The van der Waals surface area contributed by atoms with Gasteiger partial charge >= 0.3 is 6.03 Å². The number of rotatable bonds is 5. The van der Waals surface area contributed by atoms with Gasteiger partial charge in [-0.3, -0.25) is 4.90 Å². The fraction of sp³-hybridized carbons (Fsp3) is 0.409. The number of benzene rings is 2. The van der Waals surface area contributed by atoms with E-state index in [2.05, 4.69) is 0 Å². The Labute approximate surface area is 187 Å². The van der Waals surface area contributed by atoms with Gasteiger partial charge in [0, 0.05) is 18.1 Å². The first-order chi connectivity index (χ1) is 14.8. The van der Waals surface area contributed by atoms with Crippen molar-refractivity contribution < 1.29 is 17.9 Å². The molecule has 1 aliphatic carbocycles. The molecule has 1 heterocycles. The Morgan fingerprint density at radius 3 is 2.35 bits per heavy atom. The monoisotopic (exact) mass is 463 g/mol. The molecule has 2 aliphatic rings. The summed E-state index contributed by atoms with van der Waals surface area (Å²) in [4.78, 5) is 14.3. The number of urea groups is 1. The highest BCUT2D eigenvalue weighted by Gasteiger charge is 2.41. The number of sulfonamides is 1. The summed E-state index contributed by atoms with van der Waals surface area (Å²) in [6.07, 6.45) is 4.39. The number of nitrogens with zero attached hydrogens (tertiary/aromatic N) is 2. The van der Waals surface area contributed by atoms with Crippen LogP contribution in [0.5, 0.6) is 5.75 Å². The minimum Gasteiger partial charge on any atom is -0.493 e. The summed E-state index contributed by atoms with van der Waals surface area (Å²) in [5, 5.41) is 0.456. The second kappa shape index (κ2) is 8.68. The molecular weight excluding hydrogens is 438 g/mol. The van der Waals surface area contributed by atoms with Crippen molar-refractivity contribution in [2.45, 2.75) is 30.6 Å². The summed E-state index contributed by atoms with van der Waals surface area (Å²) in [5.74, 6) is 1.62. The number of ether oxygens (including phenoxy) is 1. The number of fused-ring (bicyclic) bond motifs is 1. The smallest absolute Gasteiger partial charge is 0.342 e. The highest BCUT2D eigenvalue weighted by Crippen LogP contribution is 2.39. The number of anilines is 2. The molecule has 2 N–H and O–H groups in total. The zero-order valence-corrected chi connectivity index (χ0v) is 18.9. The molecule has 1 saturated carbocycles. The number of hydrogen-bond acceptors (Lipinski definition) is 5. The van der Waals surface area contributed by atoms with Crippen LogP contribution < -0.4 is 19.7 Å². The molecule has 166 valence electrons. The van der Waals surface area contributed by atoms with Crippen molar-refractivity contribution in [3.8, 4) is 5.75 Å². The van der Waals surface area contributed by atoms with E-state index in [4.69, 9.17) is 22.1 Å². The fourth-order valence-corrected chi connectivity index (χ4v) is 5.93. The molecule has 9 heteroatoms. The predicted molar refractivity (Wildman–Crippen MR) is 121 cm³/mol. The third-order valence-corrected chi connectivity index (χ3v) is 8.12. The molecule has 0 bridgehead atoms. The normalized spacial score (nSPS) is 22.9. The molecule has 0 radical (unpaired) electrons. The quantitative estimate of drug-likeness (QED) is 0.715. The summed E-state index contributed by atoms with van der Waals surface area (Å²) in [6.45, 7) is 1.30. The minimum atomic E-state index is -4.06. The van der Waals surface area contributed by atoms with Crippen LogP contribution in [-0.4, -0.2) is 34.6 Å². The van der Waals surface area contributed by atoms with Crippen LogP contribution >= 0.6 is 11.6 Å². The first kappa shape index (κ1) is 21.9. The number of carbonyl (C=O) groups is 1. The molecule has 0 atom stereocenters. The number of amides is 2. The van der Waals surface area contributed by atoms with Crippen LogP contribution in [0, 0.1) is 11.8 Å². The van der Waals surface area contributed by atoms with Crippen LogP contribution in [0.2, 0.25) is 5.02 Å². The van der Waals surface area contributed by atoms with Crippen LogP contribution in [0.3, 0.4) is 0 Å². The summed E-state index contributed by atoms with van der Waals surface area (Å²) in [5.41, 5.74) is 6.30. The Morgan fingerprint density at radius 2 is 1.71 bits per heavy atom. The second-order valence-corrected chi connectivity index (χ2v) is 10.3. The number of carbonyl (C=O) groups excluding carboxylic acids is 1. The Bertz CT molecular complexity index is 1070. The van der Waals surface area contributed by atoms with Gasteiger partial charge in [0.2, 0.25) is 0 Å². The van der Waals surface area contributed by atoms with Gasteiger partial charge in [-0.15, -0.1) is 0 Å². The third-order valence-electron chi connectivity index (χ3n) is 6.12. The van der Waals surface area contributed by atoms with Crippen molar-refractivity contribution in [2.24, 2.45) is 17.6 Å². The SMILES string of the molecule is CN1C(=O)N(c2ccc(Cl)cc2)S(=O)(=O)c2ccc(OCC3CCC(CN)CC3)cc21. The summed E-state index contributed by atoms with van der Waals surface area (Å²) >= 11 is 5.90. The van der Waals surface area contributed by atoms with E-state index in [1.165, 1.54) is 23.1 Å². The highest BCUT2D eigenvalue weighted by atomic mass is 35.5. The van der Waals surface area contributed by atoms with E-state index >= 15 is 0 Å². The van der Waals surface area contributed by atoms with Gasteiger partial charge in [0.05, 0.1) is 18.0 Å². The van der Waals surface area contributed by atoms with Gasteiger partial charge in [-0.2, -0.15) is 4.31 Å². The molecule has 2 amide bonds. The molecule has 0 spiro atoms. The Kier molecular flexibility index (Phi) is 6.14. The van der Waals surface area contributed by atoms with Crippen molar-refractivity contribution >= 4 is 39.0 Å². The van der Waals surface area contributed by atoms with Gasteiger partial charge in [0.1, 0.15) is 10.6 Å². The number of hydrogen-bond donors (Lipinski definition) is 1. The predicted octanol–water partition coefficient (Wildman–Crippen LogP) is 4.25. The number of nitrogens with two attached hydrogens (primary N) is 1. The van der Waals surface area contributed by atoms with Crippen LogP contribution in [0.25, 0.3) is 0 Å². The van der Waals surface area contributed by atoms with Gasteiger partial charge in [0.15, 0.2) is 0 Å². The lowest BCUT2D eigenvalue weighted by molar-refractivity contribution is 0.185. The van der Waals surface area contributed by atoms with Crippen molar-refractivity contribution in [1.82, 2.24) is 0 Å².